The summed E-state index contributed by atoms with van der Waals surface area (Å²) in [5, 5.41) is 3.44. The zero-order valence-electron chi connectivity index (χ0n) is 7.86. The summed E-state index contributed by atoms with van der Waals surface area (Å²) in [5.41, 5.74) is 0. The summed E-state index contributed by atoms with van der Waals surface area (Å²) in [5.74, 6) is 1.79. The maximum absolute atomic E-state index is 5.16. The molecular formula is C11H15NO. The predicted octanol–water partition coefficient (Wildman–Crippen LogP) is 2.29. The van der Waals surface area contributed by atoms with Crippen molar-refractivity contribution in [2.45, 2.75) is 19.4 Å². The molecule has 1 fully saturated rings. The molecule has 0 aromatic carbocycles. The molecule has 1 aromatic heterocycles. The Balaban J connectivity index is 1.67. The topological polar surface area (TPSA) is 25.2 Å². The highest BCUT2D eigenvalue weighted by molar-refractivity contribution is 5.42. The van der Waals surface area contributed by atoms with E-state index in [-0.39, 0.29) is 0 Å². The van der Waals surface area contributed by atoms with E-state index in [2.05, 4.69) is 18.3 Å². The van der Waals surface area contributed by atoms with Crippen molar-refractivity contribution in [3.63, 3.8) is 0 Å². The fraction of sp³-hybridized carbons (Fsp3) is 0.455. The standard InChI is InChI=1S/C11H15NO/c1-9-8-11(9)12-6-2-4-10-5-3-7-13-10/h2-5,7,9,11-12H,6,8H2,1H3/b4-2+. The first-order chi connectivity index (χ1) is 6.36. The van der Waals surface area contributed by atoms with E-state index in [0.717, 1.165) is 24.3 Å². The van der Waals surface area contributed by atoms with Gasteiger partial charge in [-0.3, -0.25) is 0 Å². The Kier molecular flexibility index (Phi) is 2.50. The summed E-state index contributed by atoms with van der Waals surface area (Å²) in [6.45, 7) is 3.21. The summed E-state index contributed by atoms with van der Waals surface area (Å²) in [7, 11) is 0. The lowest BCUT2D eigenvalue weighted by Gasteiger charge is -1.95. The highest BCUT2D eigenvalue weighted by atomic mass is 16.3. The molecule has 0 amide bonds. The van der Waals surface area contributed by atoms with Crippen molar-refractivity contribution in [2.75, 3.05) is 6.54 Å². The van der Waals surface area contributed by atoms with Gasteiger partial charge < -0.3 is 9.73 Å². The van der Waals surface area contributed by atoms with Crippen LogP contribution in [0.15, 0.2) is 28.9 Å². The molecule has 2 nitrogen and oxygen atoms in total. The van der Waals surface area contributed by atoms with E-state index in [4.69, 9.17) is 4.42 Å². The minimum atomic E-state index is 0.751. The number of rotatable bonds is 4. The molecule has 0 saturated heterocycles. The van der Waals surface area contributed by atoms with Crippen LogP contribution in [0.1, 0.15) is 19.1 Å². The predicted molar refractivity (Wildman–Crippen MR) is 53.3 cm³/mol. The first kappa shape index (κ1) is 8.57. The van der Waals surface area contributed by atoms with Gasteiger partial charge in [-0.2, -0.15) is 0 Å². The van der Waals surface area contributed by atoms with Crippen LogP contribution >= 0.6 is 0 Å². The number of furan rings is 1. The van der Waals surface area contributed by atoms with Crippen molar-refractivity contribution in [1.29, 1.82) is 0 Å². The Morgan fingerprint density at radius 2 is 2.54 bits per heavy atom. The van der Waals surface area contributed by atoms with Gasteiger partial charge in [-0.1, -0.05) is 13.0 Å². The van der Waals surface area contributed by atoms with Gasteiger partial charge in [0.25, 0.3) is 0 Å². The zero-order valence-corrected chi connectivity index (χ0v) is 7.86. The maximum atomic E-state index is 5.16. The molecule has 1 N–H and O–H groups in total. The number of hydrogen-bond acceptors (Lipinski definition) is 2. The van der Waals surface area contributed by atoms with Gasteiger partial charge in [0.1, 0.15) is 5.76 Å². The van der Waals surface area contributed by atoms with E-state index in [0.29, 0.717) is 0 Å². The molecule has 0 bridgehead atoms. The van der Waals surface area contributed by atoms with Crippen LogP contribution in [0.25, 0.3) is 6.08 Å². The summed E-state index contributed by atoms with van der Waals surface area (Å²) in [4.78, 5) is 0. The minimum absolute atomic E-state index is 0.751. The van der Waals surface area contributed by atoms with Crippen LogP contribution < -0.4 is 5.32 Å². The average molecular weight is 177 g/mol. The van der Waals surface area contributed by atoms with Crippen molar-refractivity contribution < 1.29 is 4.42 Å². The Hall–Kier alpha value is -1.02. The average Bonchev–Trinajstić information content (AvgIpc) is 2.67. The van der Waals surface area contributed by atoms with Gasteiger partial charge in [-0.05, 0) is 30.5 Å². The Labute approximate surface area is 78.6 Å². The van der Waals surface area contributed by atoms with Gasteiger partial charge in [0.15, 0.2) is 0 Å². The van der Waals surface area contributed by atoms with E-state index in [9.17, 15) is 0 Å². The van der Waals surface area contributed by atoms with Crippen molar-refractivity contribution >= 4 is 6.08 Å². The molecule has 0 spiro atoms. The molecule has 1 heterocycles. The monoisotopic (exact) mass is 177 g/mol. The lowest BCUT2D eigenvalue weighted by atomic mass is 10.4. The SMILES string of the molecule is CC1CC1NC/C=C/c1ccco1. The maximum Gasteiger partial charge on any atom is 0.126 e. The normalized spacial score (nSPS) is 26.8. The Morgan fingerprint density at radius 1 is 1.69 bits per heavy atom. The summed E-state index contributed by atoms with van der Waals surface area (Å²) in [6, 6.07) is 4.60. The second-order valence-electron chi connectivity index (χ2n) is 3.65. The third-order valence-electron chi connectivity index (χ3n) is 2.43. The van der Waals surface area contributed by atoms with Crippen molar-refractivity contribution in [1.82, 2.24) is 5.32 Å². The fourth-order valence-electron chi connectivity index (χ4n) is 1.39. The fourth-order valence-corrected chi connectivity index (χ4v) is 1.39. The van der Waals surface area contributed by atoms with E-state index < -0.39 is 0 Å². The second kappa shape index (κ2) is 3.79. The smallest absolute Gasteiger partial charge is 0.126 e. The third-order valence-corrected chi connectivity index (χ3v) is 2.43. The third kappa shape index (κ3) is 2.46. The first-order valence-electron chi connectivity index (χ1n) is 4.79. The Bertz CT molecular complexity index is 276. The van der Waals surface area contributed by atoms with E-state index in [1.165, 1.54) is 6.42 Å². The molecule has 1 saturated carbocycles. The van der Waals surface area contributed by atoms with Crippen molar-refractivity contribution in [3.8, 4) is 0 Å². The van der Waals surface area contributed by atoms with Crippen molar-refractivity contribution in [3.05, 3.63) is 30.2 Å². The molecule has 0 aliphatic heterocycles. The molecular weight excluding hydrogens is 162 g/mol. The highest BCUT2D eigenvalue weighted by Gasteiger charge is 2.31. The van der Waals surface area contributed by atoms with Crippen molar-refractivity contribution in [2.24, 2.45) is 5.92 Å². The summed E-state index contributed by atoms with van der Waals surface area (Å²) < 4.78 is 5.16. The molecule has 1 aliphatic carbocycles. The first-order valence-corrected chi connectivity index (χ1v) is 4.79. The lowest BCUT2D eigenvalue weighted by molar-refractivity contribution is 0.556. The van der Waals surface area contributed by atoms with Gasteiger partial charge in [0.2, 0.25) is 0 Å². The van der Waals surface area contributed by atoms with E-state index in [1.54, 1.807) is 6.26 Å². The molecule has 70 valence electrons. The van der Waals surface area contributed by atoms with Gasteiger partial charge in [0, 0.05) is 12.6 Å². The lowest BCUT2D eigenvalue weighted by Crippen LogP contribution is -2.17. The number of nitrogens with one attached hydrogen (secondary N) is 1. The van der Waals surface area contributed by atoms with Crippen LogP contribution in [-0.4, -0.2) is 12.6 Å². The summed E-state index contributed by atoms with van der Waals surface area (Å²) in [6.07, 6.45) is 7.12. The zero-order chi connectivity index (χ0) is 9.10. The van der Waals surface area contributed by atoms with Gasteiger partial charge in [0.05, 0.1) is 6.26 Å². The van der Waals surface area contributed by atoms with E-state index >= 15 is 0 Å². The molecule has 13 heavy (non-hydrogen) atoms. The van der Waals surface area contributed by atoms with Gasteiger partial charge in [-0.25, -0.2) is 0 Å². The largest absolute Gasteiger partial charge is 0.465 e. The van der Waals surface area contributed by atoms with Crippen LogP contribution in [0.2, 0.25) is 0 Å². The molecule has 0 radical (unpaired) electrons. The summed E-state index contributed by atoms with van der Waals surface area (Å²) >= 11 is 0. The van der Waals surface area contributed by atoms with Gasteiger partial charge in [-0.15, -0.1) is 0 Å². The van der Waals surface area contributed by atoms with E-state index in [1.807, 2.05) is 18.2 Å². The molecule has 2 heteroatoms. The van der Waals surface area contributed by atoms with Crippen LogP contribution in [-0.2, 0) is 0 Å². The number of hydrogen-bond donors (Lipinski definition) is 1. The minimum Gasteiger partial charge on any atom is -0.465 e. The van der Waals surface area contributed by atoms with Crippen LogP contribution in [0, 0.1) is 5.92 Å². The molecule has 2 rings (SSSR count). The second-order valence-corrected chi connectivity index (χ2v) is 3.65. The Morgan fingerprint density at radius 3 is 3.15 bits per heavy atom. The van der Waals surface area contributed by atoms with Crippen LogP contribution in [0.5, 0.6) is 0 Å². The molecule has 2 atom stereocenters. The molecule has 1 aliphatic rings. The molecule has 1 aromatic rings. The van der Waals surface area contributed by atoms with Crippen LogP contribution in [0.3, 0.4) is 0 Å². The van der Waals surface area contributed by atoms with Crippen LogP contribution in [0.4, 0.5) is 0 Å². The molecule has 2 unspecified atom stereocenters. The highest BCUT2D eigenvalue weighted by Crippen LogP contribution is 2.28. The quantitative estimate of drug-likeness (QED) is 0.763. The van der Waals surface area contributed by atoms with Gasteiger partial charge >= 0.3 is 0 Å².